The largest absolute Gasteiger partial charge is 0.497 e. The number of carbonyl (C=O) groups excluding carboxylic acids is 1. The summed E-state index contributed by atoms with van der Waals surface area (Å²) in [5.41, 5.74) is 4.06. The number of amides is 1. The Balaban J connectivity index is 1.41. The monoisotopic (exact) mass is 392 g/mol. The minimum atomic E-state index is -0.0433. The lowest BCUT2D eigenvalue weighted by Gasteiger charge is -2.34. The molecule has 3 aromatic rings. The van der Waals surface area contributed by atoms with E-state index in [0.717, 1.165) is 34.3 Å². The first-order valence-corrected chi connectivity index (χ1v) is 9.60. The van der Waals surface area contributed by atoms with Crippen molar-refractivity contribution in [2.75, 3.05) is 38.2 Å². The fraction of sp³-hybridized carbons (Fsp3) is 0.333. The predicted octanol–water partition coefficient (Wildman–Crippen LogP) is 2.45. The standard InChI is InChI=1S/C21H24N6O2/c1-14-12-15(2)23-21(22-14)27-10-8-26(9-11-27)20(28)19-13-18(24-25-19)16-4-6-17(29-3)7-5-16/h4-7,12-13H,8-11H2,1-3H3,(H,24,25). The maximum absolute atomic E-state index is 12.9. The first-order chi connectivity index (χ1) is 14.0. The summed E-state index contributed by atoms with van der Waals surface area (Å²) in [6.45, 7) is 6.58. The average molecular weight is 392 g/mol. The minimum absolute atomic E-state index is 0.0433. The van der Waals surface area contributed by atoms with E-state index in [1.165, 1.54) is 0 Å². The molecule has 0 spiro atoms. The lowest BCUT2D eigenvalue weighted by molar-refractivity contribution is 0.0740. The van der Waals surface area contributed by atoms with Crippen molar-refractivity contribution in [1.82, 2.24) is 25.1 Å². The minimum Gasteiger partial charge on any atom is -0.497 e. The molecule has 1 aliphatic heterocycles. The summed E-state index contributed by atoms with van der Waals surface area (Å²) >= 11 is 0. The second-order valence-corrected chi connectivity index (χ2v) is 7.13. The van der Waals surface area contributed by atoms with Gasteiger partial charge in [-0.25, -0.2) is 9.97 Å². The quantitative estimate of drug-likeness (QED) is 0.734. The second-order valence-electron chi connectivity index (χ2n) is 7.13. The fourth-order valence-electron chi connectivity index (χ4n) is 3.47. The van der Waals surface area contributed by atoms with Crippen LogP contribution in [0.15, 0.2) is 36.4 Å². The number of rotatable bonds is 4. The zero-order valence-corrected chi connectivity index (χ0v) is 16.8. The van der Waals surface area contributed by atoms with Gasteiger partial charge in [0.25, 0.3) is 5.91 Å². The van der Waals surface area contributed by atoms with Gasteiger partial charge in [-0.15, -0.1) is 0 Å². The van der Waals surface area contributed by atoms with Crippen molar-refractivity contribution < 1.29 is 9.53 Å². The SMILES string of the molecule is COc1ccc(-c2cc(C(=O)N3CCN(c4nc(C)cc(C)n4)CC3)[nH]n2)cc1. The number of benzene rings is 1. The molecule has 1 N–H and O–H groups in total. The number of nitrogens with zero attached hydrogens (tertiary/aromatic N) is 5. The molecule has 3 heterocycles. The van der Waals surface area contributed by atoms with Crippen LogP contribution >= 0.6 is 0 Å². The molecule has 0 atom stereocenters. The molecular weight excluding hydrogens is 368 g/mol. The zero-order chi connectivity index (χ0) is 20.4. The van der Waals surface area contributed by atoms with Crippen LogP contribution in [0.3, 0.4) is 0 Å². The molecule has 8 nitrogen and oxygen atoms in total. The Morgan fingerprint density at radius 3 is 2.28 bits per heavy atom. The van der Waals surface area contributed by atoms with Crippen LogP contribution in [0.25, 0.3) is 11.3 Å². The van der Waals surface area contributed by atoms with Crippen LogP contribution in [0, 0.1) is 13.8 Å². The number of ether oxygens (including phenoxy) is 1. The Hall–Kier alpha value is -3.42. The Kier molecular flexibility index (Phi) is 5.16. The molecule has 0 unspecified atom stereocenters. The molecule has 29 heavy (non-hydrogen) atoms. The van der Waals surface area contributed by atoms with Crippen molar-refractivity contribution in [1.29, 1.82) is 0 Å². The topological polar surface area (TPSA) is 87.2 Å². The molecule has 1 aliphatic rings. The van der Waals surface area contributed by atoms with E-state index >= 15 is 0 Å². The van der Waals surface area contributed by atoms with Crippen LogP contribution < -0.4 is 9.64 Å². The van der Waals surface area contributed by atoms with Gasteiger partial charge >= 0.3 is 0 Å². The van der Waals surface area contributed by atoms with Gasteiger partial charge in [0.05, 0.1) is 12.8 Å². The molecule has 1 aromatic carbocycles. The predicted molar refractivity (Wildman–Crippen MR) is 110 cm³/mol. The number of H-pyrrole nitrogens is 1. The number of hydrogen-bond donors (Lipinski definition) is 1. The number of piperazine rings is 1. The van der Waals surface area contributed by atoms with E-state index in [9.17, 15) is 4.79 Å². The third-order valence-corrected chi connectivity index (χ3v) is 5.01. The molecule has 150 valence electrons. The number of nitrogens with one attached hydrogen (secondary N) is 1. The summed E-state index contributed by atoms with van der Waals surface area (Å²) < 4.78 is 5.18. The van der Waals surface area contributed by atoms with Crippen LogP contribution in [0.1, 0.15) is 21.9 Å². The van der Waals surface area contributed by atoms with E-state index in [1.54, 1.807) is 13.2 Å². The van der Waals surface area contributed by atoms with E-state index in [4.69, 9.17) is 4.74 Å². The molecule has 1 saturated heterocycles. The van der Waals surface area contributed by atoms with Crippen molar-refractivity contribution in [3.8, 4) is 17.0 Å². The molecule has 4 rings (SSSR count). The van der Waals surface area contributed by atoms with Crippen LogP contribution in [-0.4, -0.2) is 64.3 Å². The highest BCUT2D eigenvalue weighted by molar-refractivity contribution is 5.93. The number of carbonyl (C=O) groups is 1. The molecule has 0 aliphatic carbocycles. The molecule has 0 bridgehead atoms. The van der Waals surface area contributed by atoms with Gasteiger partial charge in [-0.1, -0.05) is 0 Å². The average Bonchev–Trinajstić information content (AvgIpc) is 3.23. The zero-order valence-electron chi connectivity index (χ0n) is 16.8. The van der Waals surface area contributed by atoms with Crippen molar-refractivity contribution in [3.05, 3.63) is 53.5 Å². The normalized spacial score (nSPS) is 14.2. The Morgan fingerprint density at radius 1 is 1.00 bits per heavy atom. The van der Waals surface area contributed by atoms with Gasteiger partial charge < -0.3 is 14.5 Å². The maximum Gasteiger partial charge on any atom is 0.272 e. The highest BCUT2D eigenvalue weighted by Gasteiger charge is 2.25. The molecule has 1 amide bonds. The number of aryl methyl sites for hydroxylation is 2. The number of aromatic amines is 1. The van der Waals surface area contributed by atoms with Gasteiger partial charge in [-0.2, -0.15) is 5.10 Å². The lowest BCUT2D eigenvalue weighted by Crippen LogP contribution is -2.49. The van der Waals surface area contributed by atoms with Crippen LogP contribution in [0.2, 0.25) is 0 Å². The summed E-state index contributed by atoms with van der Waals surface area (Å²) in [5, 5.41) is 7.17. The van der Waals surface area contributed by atoms with E-state index in [-0.39, 0.29) is 5.91 Å². The lowest BCUT2D eigenvalue weighted by atomic mass is 10.1. The van der Waals surface area contributed by atoms with Gasteiger partial charge in [0, 0.05) is 43.1 Å². The first-order valence-electron chi connectivity index (χ1n) is 9.60. The summed E-state index contributed by atoms with van der Waals surface area (Å²) in [5.74, 6) is 1.47. The van der Waals surface area contributed by atoms with Crippen molar-refractivity contribution in [3.63, 3.8) is 0 Å². The van der Waals surface area contributed by atoms with Gasteiger partial charge in [0.15, 0.2) is 0 Å². The van der Waals surface area contributed by atoms with Crippen molar-refractivity contribution >= 4 is 11.9 Å². The molecule has 1 fully saturated rings. The summed E-state index contributed by atoms with van der Waals surface area (Å²) in [7, 11) is 1.63. The van der Waals surface area contributed by atoms with Crippen LogP contribution in [0.5, 0.6) is 5.75 Å². The van der Waals surface area contributed by atoms with E-state index in [2.05, 4.69) is 25.1 Å². The third kappa shape index (κ3) is 4.06. The van der Waals surface area contributed by atoms with E-state index < -0.39 is 0 Å². The van der Waals surface area contributed by atoms with Gasteiger partial charge in [0.2, 0.25) is 5.95 Å². The highest BCUT2D eigenvalue weighted by Crippen LogP contribution is 2.22. The smallest absolute Gasteiger partial charge is 0.272 e. The van der Waals surface area contributed by atoms with Crippen molar-refractivity contribution in [2.45, 2.75) is 13.8 Å². The van der Waals surface area contributed by atoms with E-state index in [1.807, 2.05) is 49.1 Å². The highest BCUT2D eigenvalue weighted by atomic mass is 16.5. The molecule has 8 heteroatoms. The Labute approximate surface area is 169 Å². The van der Waals surface area contributed by atoms with Crippen LogP contribution in [0.4, 0.5) is 5.95 Å². The van der Waals surface area contributed by atoms with E-state index in [0.29, 0.717) is 31.9 Å². The Morgan fingerprint density at radius 2 is 1.66 bits per heavy atom. The summed E-state index contributed by atoms with van der Waals surface area (Å²) in [6.07, 6.45) is 0. The number of methoxy groups -OCH3 is 1. The molecule has 0 saturated carbocycles. The van der Waals surface area contributed by atoms with Gasteiger partial charge in [-0.05, 0) is 50.2 Å². The maximum atomic E-state index is 12.9. The van der Waals surface area contributed by atoms with Crippen molar-refractivity contribution in [2.24, 2.45) is 0 Å². The fourth-order valence-corrected chi connectivity index (χ4v) is 3.47. The Bertz CT molecular complexity index is 986. The number of anilines is 1. The number of aromatic nitrogens is 4. The molecule has 2 aromatic heterocycles. The number of hydrogen-bond acceptors (Lipinski definition) is 6. The molecular formula is C21H24N6O2. The second kappa shape index (κ2) is 7.90. The first kappa shape index (κ1) is 18.9. The third-order valence-electron chi connectivity index (χ3n) is 5.01. The summed E-state index contributed by atoms with van der Waals surface area (Å²) in [4.78, 5) is 25.9. The summed E-state index contributed by atoms with van der Waals surface area (Å²) in [6, 6.07) is 11.4. The molecule has 0 radical (unpaired) electrons. The van der Waals surface area contributed by atoms with Gasteiger partial charge in [0.1, 0.15) is 11.4 Å². The van der Waals surface area contributed by atoms with Gasteiger partial charge in [-0.3, -0.25) is 9.89 Å². The van der Waals surface area contributed by atoms with Crippen LogP contribution in [-0.2, 0) is 0 Å².